The molecule has 0 radical (unpaired) electrons. The van der Waals surface area contributed by atoms with E-state index in [1.807, 2.05) is 13.8 Å². The second kappa shape index (κ2) is 3.14. The Morgan fingerprint density at radius 3 is 2.33 bits per heavy atom. The third kappa shape index (κ3) is 2.04. The Kier molecular flexibility index (Phi) is 2.53. The van der Waals surface area contributed by atoms with Gasteiger partial charge in [-0.05, 0) is 0 Å². The molecule has 0 bridgehead atoms. The van der Waals surface area contributed by atoms with Gasteiger partial charge in [0, 0.05) is 12.2 Å². The SMILES string of the molecule is CC(C)c1ncc(S(C)(=O)=O)s1. The van der Waals surface area contributed by atoms with E-state index in [2.05, 4.69) is 4.98 Å². The van der Waals surface area contributed by atoms with E-state index in [0.717, 1.165) is 5.01 Å². The van der Waals surface area contributed by atoms with Gasteiger partial charge in [0.1, 0.15) is 4.21 Å². The van der Waals surface area contributed by atoms with E-state index in [-0.39, 0.29) is 0 Å². The molecule has 1 aromatic rings. The van der Waals surface area contributed by atoms with Crippen LogP contribution in [-0.4, -0.2) is 19.7 Å². The van der Waals surface area contributed by atoms with Crippen molar-refractivity contribution in [2.45, 2.75) is 24.0 Å². The molecule has 0 aromatic carbocycles. The molecule has 0 saturated heterocycles. The molecule has 68 valence electrons. The Morgan fingerprint density at radius 2 is 2.08 bits per heavy atom. The van der Waals surface area contributed by atoms with Gasteiger partial charge in [0.25, 0.3) is 0 Å². The van der Waals surface area contributed by atoms with Crippen LogP contribution in [-0.2, 0) is 9.84 Å². The monoisotopic (exact) mass is 205 g/mol. The summed E-state index contributed by atoms with van der Waals surface area (Å²) in [4.78, 5) is 4.02. The summed E-state index contributed by atoms with van der Waals surface area (Å²) in [6, 6.07) is 0. The van der Waals surface area contributed by atoms with Crippen LogP contribution in [0.3, 0.4) is 0 Å². The summed E-state index contributed by atoms with van der Waals surface area (Å²) in [5, 5.41) is 0.871. The van der Waals surface area contributed by atoms with E-state index in [1.165, 1.54) is 23.8 Å². The summed E-state index contributed by atoms with van der Waals surface area (Å²) in [7, 11) is -3.06. The van der Waals surface area contributed by atoms with Gasteiger partial charge in [0.05, 0.1) is 11.2 Å². The number of hydrogen-bond donors (Lipinski definition) is 0. The van der Waals surface area contributed by atoms with Crippen LogP contribution in [0.5, 0.6) is 0 Å². The maximum absolute atomic E-state index is 11.0. The number of thiazole rings is 1. The Morgan fingerprint density at radius 1 is 1.50 bits per heavy atom. The van der Waals surface area contributed by atoms with Crippen LogP contribution in [0.25, 0.3) is 0 Å². The second-order valence-electron chi connectivity index (χ2n) is 2.94. The van der Waals surface area contributed by atoms with Crippen molar-refractivity contribution in [3.63, 3.8) is 0 Å². The van der Waals surface area contributed by atoms with Crippen molar-refractivity contribution in [1.29, 1.82) is 0 Å². The molecule has 0 N–H and O–H groups in total. The fourth-order valence-corrected chi connectivity index (χ4v) is 2.47. The van der Waals surface area contributed by atoms with Gasteiger partial charge in [-0.3, -0.25) is 0 Å². The van der Waals surface area contributed by atoms with E-state index in [0.29, 0.717) is 10.1 Å². The summed E-state index contributed by atoms with van der Waals surface area (Å²) in [5.41, 5.74) is 0. The smallest absolute Gasteiger partial charge is 0.186 e. The highest BCUT2D eigenvalue weighted by Crippen LogP contribution is 2.24. The topological polar surface area (TPSA) is 47.0 Å². The zero-order valence-electron chi connectivity index (χ0n) is 7.23. The van der Waals surface area contributed by atoms with Gasteiger partial charge in [-0.1, -0.05) is 13.8 Å². The molecule has 1 aromatic heterocycles. The molecule has 1 heterocycles. The molecule has 0 amide bonds. The molecular formula is C7H11NO2S2. The van der Waals surface area contributed by atoms with Crippen molar-refractivity contribution < 1.29 is 8.42 Å². The van der Waals surface area contributed by atoms with Crippen molar-refractivity contribution in [2.75, 3.05) is 6.26 Å². The first-order valence-electron chi connectivity index (χ1n) is 3.57. The molecular weight excluding hydrogens is 194 g/mol. The molecule has 3 nitrogen and oxygen atoms in total. The van der Waals surface area contributed by atoms with E-state index in [1.54, 1.807) is 0 Å². The molecule has 0 atom stereocenters. The minimum atomic E-state index is -3.06. The van der Waals surface area contributed by atoms with E-state index in [4.69, 9.17) is 0 Å². The standard InChI is InChI=1S/C7H11NO2S2/c1-5(2)7-8-4-6(11-7)12(3,9)10/h4-5H,1-3H3. The molecule has 1 rings (SSSR count). The molecule has 0 fully saturated rings. The first kappa shape index (κ1) is 9.67. The highest BCUT2D eigenvalue weighted by molar-refractivity contribution is 7.92. The van der Waals surface area contributed by atoms with Gasteiger partial charge < -0.3 is 0 Å². The average molecular weight is 205 g/mol. The van der Waals surface area contributed by atoms with Gasteiger partial charge in [-0.25, -0.2) is 13.4 Å². The highest BCUT2D eigenvalue weighted by Gasteiger charge is 2.13. The zero-order chi connectivity index (χ0) is 9.35. The lowest BCUT2D eigenvalue weighted by atomic mass is 10.2. The van der Waals surface area contributed by atoms with E-state index < -0.39 is 9.84 Å². The van der Waals surface area contributed by atoms with Gasteiger partial charge >= 0.3 is 0 Å². The third-order valence-corrected chi connectivity index (χ3v) is 4.45. The first-order valence-corrected chi connectivity index (χ1v) is 6.28. The molecule has 5 heteroatoms. The number of rotatable bonds is 2. The summed E-state index contributed by atoms with van der Waals surface area (Å²) in [6.07, 6.45) is 2.62. The van der Waals surface area contributed by atoms with Crippen molar-refractivity contribution in [3.8, 4) is 0 Å². The largest absolute Gasteiger partial charge is 0.248 e. The maximum Gasteiger partial charge on any atom is 0.186 e. The Bertz CT molecular complexity index is 365. The number of sulfone groups is 1. The van der Waals surface area contributed by atoms with Crippen LogP contribution in [0.4, 0.5) is 0 Å². The number of nitrogens with zero attached hydrogens (tertiary/aromatic N) is 1. The maximum atomic E-state index is 11.0. The minimum absolute atomic E-state index is 0.297. The van der Waals surface area contributed by atoms with Crippen molar-refractivity contribution in [1.82, 2.24) is 4.98 Å². The number of aromatic nitrogens is 1. The minimum Gasteiger partial charge on any atom is -0.248 e. The summed E-state index contributed by atoms with van der Waals surface area (Å²) >= 11 is 1.25. The molecule has 0 aliphatic heterocycles. The summed E-state index contributed by atoms with van der Waals surface area (Å²) in [5.74, 6) is 0.297. The summed E-state index contributed by atoms with van der Waals surface area (Å²) in [6.45, 7) is 3.98. The molecule has 0 unspecified atom stereocenters. The van der Waals surface area contributed by atoms with Crippen molar-refractivity contribution >= 4 is 21.2 Å². The Balaban J connectivity index is 3.09. The van der Waals surface area contributed by atoms with Crippen LogP contribution in [0.1, 0.15) is 24.8 Å². The lowest BCUT2D eigenvalue weighted by molar-refractivity contribution is 0.603. The fourth-order valence-electron chi connectivity index (χ4n) is 0.710. The first-order chi connectivity index (χ1) is 5.41. The van der Waals surface area contributed by atoms with Crippen LogP contribution in [0, 0.1) is 0 Å². The predicted molar refractivity (Wildman–Crippen MR) is 49.3 cm³/mol. The lowest BCUT2D eigenvalue weighted by Crippen LogP contribution is -1.92. The van der Waals surface area contributed by atoms with E-state index >= 15 is 0 Å². The van der Waals surface area contributed by atoms with Gasteiger partial charge in [0.15, 0.2) is 9.84 Å². The van der Waals surface area contributed by atoms with Crippen LogP contribution >= 0.6 is 11.3 Å². The van der Waals surface area contributed by atoms with Crippen LogP contribution in [0.15, 0.2) is 10.4 Å². The number of hydrogen-bond acceptors (Lipinski definition) is 4. The van der Waals surface area contributed by atoms with Gasteiger partial charge in [-0.2, -0.15) is 0 Å². The Labute approximate surface area is 76.4 Å². The van der Waals surface area contributed by atoms with Crippen LogP contribution in [0.2, 0.25) is 0 Å². The third-order valence-electron chi connectivity index (χ3n) is 1.36. The molecule has 0 saturated carbocycles. The molecule has 12 heavy (non-hydrogen) atoms. The second-order valence-corrected chi connectivity index (χ2v) is 6.25. The normalized spacial score (nSPS) is 12.3. The molecule has 0 aliphatic rings. The predicted octanol–water partition coefficient (Wildman–Crippen LogP) is 1.67. The highest BCUT2D eigenvalue weighted by atomic mass is 32.2. The van der Waals surface area contributed by atoms with Gasteiger partial charge in [0.2, 0.25) is 0 Å². The van der Waals surface area contributed by atoms with Crippen LogP contribution < -0.4 is 0 Å². The summed E-state index contributed by atoms with van der Waals surface area (Å²) < 4.78 is 22.4. The zero-order valence-corrected chi connectivity index (χ0v) is 8.87. The molecule has 0 spiro atoms. The fraction of sp³-hybridized carbons (Fsp3) is 0.571. The molecule has 0 aliphatic carbocycles. The van der Waals surface area contributed by atoms with Crippen molar-refractivity contribution in [2.24, 2.45) is 0 Å². The van der Waals surface area contributed by atoms with Gasteiger partial charge in [-0.15, -0.1) is 11.3 Å². The van der Waals surface area contributed by atoms with E-state index in [9.17, 15) is 8.42 Å². The van der Waals surface area contributed by atoms with Crippen molar-refractivity contribution in [3.05, 3.63) is 11.2 Å². The average Bonchev–Trinajstić information content (AvgIpc) is 2.30. The quantitative estimate of drug-likeness (QED) is 0.738. The Hall–Kier alpha value is -0.420. The lowest BCUT2D eigenvalue weighted by Gasteiger charge is -1.95.